The van der Waals surface area contributed by atoms with Gasteiger partial charge in [0.05, 0.1) is 11.0 Å². The van der Waals surface area contributed by atoms with E-state index in [0.29, 0.717) is 5.39 Å². The molecule has 0 amide bonds. The lowest BCUT2D eigenvalue weighted by Crippen LogP contribution is -2.01. The molecule has 2 aromatic carbocycles. The van der Waals surface area contributed by atoms with E-state index in [2.05, 4.69) is 62.8 Å². The first-order valence-electron chi connectivity index (χ1n) is 13.7. The standard InChI is InChI=1S/C25H26N2O2.C5H12.C2H6/c1-3-5-6-7-18-14-17(4-2)15-19(16-18)29-23-11-13-27-25-21(23)9-8-20-22(28)10-12-26-24(20)25;1-4-5(2)3;1-2/h8-16H,3-7H2,1-2H3,(H,26,28);5H,4H2,1-3H3;1-2H3. The van der Waals surface area contributed by atoms with Crippen LogP contribution in [0.25, 0.3) is 21.8 Å². The van der Waals surface area contributed by atoms with Gasteiger partial charge in [-0.15, -0.1) is 0 Å². The van der Waals surface area contributed by atoms with Gasteiger partial charge in [0.15, 0.2) is 5.43 Å². The molecule has 0 fully saturated rings. The minimum Gasteiger partial charge on any atom is -0.457 e. The Morgan fingerprint density at radius 3 is 2.28 bits per heavy atom. The molecule has 0 atom stereocenters. The number of ether oxygens (including phenoxy) is 1. The van der Waals surface area contributed by atoms with Crippen LogP contribution < -0.4 is 10.2 Å². The van der Waals surface area contributed by atoms with Crippen LogP contribution in [0.15, 0.2) is 59.7 Å². The summed E-state index contributed by atoms with van der Waals surface area (Å²) in [6.07, 6.45) is 10.4. The summed E-state index contributed by atoms with van der Waals surface area (Å²) in [7, 11) is 0. The lowest BCUT2D eigenvalue weighted by Gasteiger charge is -2.13. The second-order valence-electron chi connectivity index (χ2n) is 9.24. The molecule has 0 aliphatic rings. The molecular weight excluding hydrogens is 444 g/mol. The molecule has 0 aliphatic carbocycles. The summed E-state index contributed by atoms with van der Waals surface area (Å²) in [5.41, 5.74) is 4.07. The molecule has 0 saturated heterocycles. The summed E-state index contributed by atoms with van der Waals surface area (Å²) >= 11 is 0. The Morgan fingerprint density at radius 2 is 1.61 bits per heavy atom. The zero-order chi connectivity index (χ0) is 26.5. The Labute approximate surface area is 217 Å². The van der Waals surface area contributed by atoms with Crippen LogP contribution in [0.1, 0.15) is 85.3 Å². The fourth-order valence-corrected chi connectivity index (χ4v) is 3.77. The molecule has 0 bridgehead atoms. The fraction of sp³-hybridized carbons (Fsp3) is 0.438. The van der Waals surface area contributed by atoms with Gasteiger partial charge < -0.3 is 9.72 Å². The van der Waals surface area contributed by atoms with Gasteiger partial charge in [-0.1, -0.05) is 73.8 Å². The van der Waals surface area contributed by atoms with Crippen molar-refractivity contribution in [3.63, 3.8) is 0 Å². The van der Waals surface area contributed by atoms with Gasteiger partial charge in [0, 0.05) is 29.2 Å². The molecule has 4 aromatic rings. The first-order chi connectivity index (χ1) is 17.5. The molecule has 0 radical (unpaired) electrons. The number of hydrogen-bond acceptors (Lipinski definition) is 3. The Morgan fingerprint density at radius 1 is 0.917 bits per heavy atom. The second-order valence-corrected chi connectivity index (χ2v) is 9.24. The maximum absolute atomic E-state index is 12.1. The van der Waals surface area contributed by atoms with Crippen molar-refractivity contribution in [1.29, 1.82) is 0 Å². The highest BCUT2D eigenvalue weighted by atomic mass is 16.5. The third-order valence-electron chi connectivity index (χ3n) is 6.15. The number of aromatic nitrogens is 2. The molecule has 2 heterocycles. The van der Waals surface area contributed by atoms with Gasteiger partial charge in [-0.25, -0.2) is 0 Å². The van der Waals surface area contributed by atoms with Gasteiger partial charge in [0.25, 0.3) is 0 Å². The summed E-state index contributed by atoms with van der Waals surface area (Å²) in [5, 5.41) is 1.52. The predicted molar refractivity (Wildman–Crippen MR) is 155 cm³/mol. The highest BCUT2D eigenvalue weighted by Crippen LogP contribution is 2.32. The normalized spacial score (nSPS) is 10.6. The summed E-state index contributed by atoms with van der Waals surface area (Å²) < 4.78 is 6.33. The maximum atomic E-state index is 12.1. The molecule has 0 spiro atoms. The van der Waals surface area contributed by atoms with E-state index >= 15 is 0 Å². The average molecular weight is 489 g/mol. The van der Waals surface area contributed by atoms with Crippen LogP contribution in [0, 0.1) is 5.92 Å². The molecule has 0 unspecified atom stereocenters. The number of nitrogens with one attached hydrogen (secondary N) is 1. The van der Waals surface area contributed by atoms with E-state index in [-0.39, 0.29) is 5.43 Å². The summed E-state index contributed by atoms with van der Waals surface area (Å²) in [5.74, 6) is 2.48. The number of aryl methyl sites for hydroxylation is 2. The van der Waals surface area contributed by atoms with E-state index in [4.69, 9.17) is 4.74 Å². The highest BCUT2D eigenvalue weighted by molar-refractivity contribution is 6.04. The number of aromatic amines is 1. The molecule has 4 nitrogen and oxygen atoms in total. The summed E-state index contributed by atoms with van der Waals surface area (Å²) in [6.45, 7) is 15.0. The Balaban J connectivity index is 0.000000583. The molecule has 4 heteroatoms. The van der Waals surface area contributed by atoms with E-state index in [0.717, 1.165) is 46.7 Å². The first kappa shape index (κ1) is 29.1. The highest BCUT2D eigenvalue weighted by Gasteiger charge is 2.11. The third-order valence-corrected chi connectivity index (χ3v) is 6.15. The molecular formula is C32H44N2O2. The van der Waals surface area contributed by atoms with Crippen LogP contribution in [-0.2, 0) is 12.8 Å². The number of benzene rings is 2. The minimum absolute atomic E-state index is 0.0128. The van der Waals surface area contributed by atoms with Crippen molar-refractivity contribution in [2.45, 2.75) is 87.0 Å². The van der Waals surface area contributed by atoms with E-state index in [1.54, 1.807) is 12.4 Å². The molecule has 1 N–H and O–H groups in total. The largest absolute Gasteiger partial charge is 0.457 e. The molecule has 0 saturated carbocycles. The monoisotopic (exact) mass is 488 g/mol. The van der Waals surface area contributed by atoms with Crippen LogP contribution in [0.2, 0.25) is 0 Å². The van der Waals surface area contributed by atoms with E-state index < -0.39 is 0 Å². The van der Waals surface area contributed by atoms with Gasteiger partial charge in [0.2, 0.25) is 0 Å². The van der Waals surface area contributed by atoms with Crippen molar-refractivity contribution in [3.8, 4) is 11.5 Å². The number of H-pyrrole nitrogens is 1. The van der Waals surface area contributed by atoms with Crippen LogP contribution in [0.5, 0.6) is 11.5 Å². The number of nitrogens with zero attached hydrogens (tertiary/aromatic N) is 1. The van der Waals surface area contributed by atoms with Crippen molar-refractivity contribution < 1.29 is 4.74 Å². The van der Waals surface area contributed by atoms with Gasteiger partial charge >= 0.3 is 0 Å². The second kappa shape index (κ2) is 15.1. The quantitative estimate of drug-likeness (QED) is 0.199. The Kier molecular flexibility index (Phi) is 12.2. The number of unbranched alkanes of at least 4 members (excludes halogenated alkanes) is 2. The van der Waals surface area contributed by atoms with Crippen LogP contribution in [0.3, 0.4) is 0 Å². The topological polar surface area (TPSA) is 55.0 Å². The summed E-state index contributed by atoms with van der Waals surface area (Å²) in [4.78, 5) is 19.8. The summed E-state index contributed by atoms with van der Waals surface area (Å²) in [6, 6.07) is 13.7. The average Bonchev–Trinajstić information content (AvgIpc) is 2.90. The minimum atomic E-state index is -0.0128. The SMILES string of the molecule is CC.CCC(C)C.CCCCCc1cc(CC)cc(Oc2ccnc3c2ccc2c(=O)cc[nH]c23)c1. The zero-order valence-electron chi connectivity index (χ0n) is 23.3. The van der Waals surface area contributed by atoms with Crippen LogP contribution >= 0.6 is 0 Å². The van der Waals surface area contributed by atoms with Crippen molar-refractivity contribution in [1.82, 2.24) is 9.97 Å². The molecule has 36 heavy (non-hydrogen) atoms. The third kappa shape index (κ3) is 7.94. The van der Waals surface area contributed by atoms with Gasteiger partial charge in [-0.05, 0) is 66.6 Å². The first-order valence-corrected chi connectivity index (χ1v) is 13.7. The molecule has 4 rings (SSSR count). The lowest BCUT2D eigenvalue weighted by molar-refractivity contribution is 0.486. The van der Waals surface area contributed by atoms with Crippen LogP contribution in [-0.4, -0.2) is 9.97 Å². The van der Waals surface area contributed by atoms with Crippen molar-refractivity contribution in [2.24, 2.45) is 5.92 Å². The van der Waals surface area contributed by atoms with Gasteiger partial charge in [-0.3, -0.25) is 9.78 Å². The van der Waals surface area contributed by atoms with E-state index in [9.17, 15) is 4.79 Å². The number of pyridine rings is 2. The molecule has 0 aliphatic heterocycles. The van der Waals surface area contributed by atoms with Crippen molar-refractivity contribution in [2.75, 3.05) is 0 Å². The van der Waals surface area contributed by atoms with Crippen LogP contribution in [0.4, 0.5) is 0 Å². The van der Waals surface area contributed by atoms with Gasteiger partial charge in [-0.2, -0.15) is 0 Å². The van der Waals surface area contributed by atoms with Gasteiger partial charge in [0.1, 0.15) is 11.5 Å². The predicted octanol–water partition coefficient (Wildman–Crippen LogP) is 9.24. The smallest absolute Gasteiger partial charge is 0.189 e. The Bertz CT molecular complexity index is 1270. The molecule has 2 aromatic heterocycles. The van der Waals surface area contributed by atoms with E-state index in [1.165, 1.54) is 42.9 Å². The Hall–Kier alpha value is -3.14. The molecule has 194 valence electrons. The fourth-order valence-electron chi connectivity index (χ4n) is 3.77. The van der Waals surface area contributed by atoms with Crippen molar-refractivity contribution >= 4 is 21.8 Å². The van der Waals surface area contributed by atoms with Crippen molar-refractivity contribution in [3.05, 3.63) is 76.2 Å². The number of fused-ring (bicyclic) bond motifs is 3. The van der Waals surface area contributed by atoms with E-state index in [1.807, 2.05) is 32.0 Å². The number of rotatable bonds is 8. The zero-order valence-corrected chi connectivity index (χ0v) is 23.3. The lowest BCUT2D eigenvalue weighted by atomic mass is 10.0. The maximum Gasteiger partial charge on any atom is 0.189 e. The number of hydrogen-bond donors (Lipinski definition) is 1.